The van der Waals surface area contributed by atoms with Crippen LogP contribution in [-0.4, -0.2) is 10.9 Å². The molecule has 5 atom stereocenters. The van der Waals surface area contributed by atoms with E-state index < -0.39 is 0 Å². The molecule has 0 aromatic heterocycles. The molecular weight excluding hydrogens is 260 g/mol. The third-order valence-electron chi connectivity index (χ3n) is 7.18. The summed E-state index contributed by atoms with van der Waals surface area (Å²) in [6.45, 7) is 2.22. The van der Waals surface area contributed by atoms with Gasteiger partial charge in [-0.3, -0.25) is 4.79 Å². The van der Waals surface area contributed by atoms with Crippen molar-refractivity contribution in [2.45, 2.75) is 58.3 Å². The zero-order valence-corrected chi connectivity index (χ0v) is 13.0. The molecule has 2 heteroatoms. The summed E-state index contributed by atoms with van der Waals surface area (Å²) >= 11 is 0. The van der Waals surface area contributed by atoms with Gasteiger partial charge in [-0.25, -0.2) is 0 Å². The minimum atomic E-state index is 0.0269. The quantitative estimate of drug-likeness (QED) is 0.766. The molecule has 114 valence electrons. The van der Waals surface area contributed by atoms with Gasteiger partial charge < -0.3 is 5.11 Å². The zero-order valence-electron chi connectivity index (χ0n) is 13.0. The Kier molecular flexibility index (Phi) is 3.06. The monoisotopic (exact) mass is 286 g/mol. The second kappa shape index (κ2) is 4.72. The van der Waals surface area contributed by atoms with Crippen molar-refractivity contribution in [2.75, 3.05) is 0 Å². The van der Waals surface area contributed by atoms with Crippen LogP contribution >= 0.6 is 0 Å². The van der Waals surface area contributed by atoms with Crippen LogP contribution in [0, 0.1) is 29.1 Å². The normalized spacial score (nSPS) is 45.3. The molecule has 21 heavy (non-hydrogen) atoms. The molecule has 4 unspecified atom stereocenters. The fraction of sp³-hybridized carbons (Fsp3) is 0.737. The Bertz CT molecular complexity index is 530. The highest BCUT2D eigenvalue weighted by atomic mass is 16.3. The van der Waals surface area contributed by atoms with Crippen LogP contribution in [0.25, 0.3) is 0 Å². The summed E-state index contributed by atoms with van der Waals surface area (Å²) in [5, 5.41) is 9.78. The van der Waals surface area contributed by atoms with Crippen LogP contribution in [0.1, 0.15) is 58.3 Å². The average molecular weight is 286 g/mol. The molecule has 2 nitrogen and oxygen atoms in total. The Balaban J connectivity index is 1.68. The maximum Gasteiger partial charge on any atom is 0.139 e. The highest BCUT2D eigenvalue weighted by Crippen LogP contribution is 2.61. The lowest BCUT2D eigenvalue weighted by Gasteiger charge is -2.51. The van der Waals surface area contributed by atoms with Crippen molar-refractivity contribution in [2.24, 2.45) is 29.1 Å². The molecule has 0 saturated heterocycles. The van der Waals surface area contributed by atoms with Gasteiger partial charge in [0.1, 0.15) is 5.78 Å². The molecule has 0 aromatic rings. The zero-order chi connectivity index (χ0) is 14.6. The molecule has 0 amide bonds. The van der Waals surface area contributed by atoms with E-state index in [2.05, 4.69) is 13.0 Å². The first kappa shape index (κ1) is 13.6. The summed E-state index contributed by atoms with van der Waals surface area (Å²) in [5.74, 6) is 3.86. The van der Waals surface area contributed by atoms with Gasteiger partial charge in [-0.2, -0.15) is 0 Å². The Morgan fingerprint density at radius 3 is 2.90 bits per heavy atom. The summed E-state index contributed by atoms with van der Waals surface area (Å²) in [4.78, 5) is 12.5. The molecule has 0 heterocycles. The van der Waals surface area contributed by atoms with Crippen molar-refractivity contribution < 1.29 is 9.90 Å². The molecular formula is C19H26O2. The van der Waals surface area contributed by atoms with Gasteiger partial charge in [0.15, 0.2) is 0 Å². The van der Waals surface area contributed by atoms with E-state index in [0.29, 0.717) is 29.3 Å². The van der Waals surface area contributed by atoms with Gasteiger partial charge in [0, 0.05) is 18.3 Å². The summed E-state index contributed by atoms with van der Waals surface area (Å²) < 4.78 is 0. The number of allylic oxidation sites excluding steroid dienone is 4. The lowest BCUT2D eigenvalue weighted by atomic mass is 9.52. The maximum absolute atomic E-state index is 12.5. The summed E-state index contributed by atoms with van der Waals surface area (Å²) in [6, 6.07) is 0. The summed E-state index contributed by atoms with van der Waals surface area (Å²) in [6.07, 6.45) is 12.8. The van der Waals surface area contributed by atoms with E-state index in [-0.39, 0.29) is 5.41 Å². The van der Waals surface area contributed by atoms with Crippen molar-refractivity contribution in [1.82, 2.24) is 0 Å². The van der Waals surface area contributed by atoms with Crippen LogP contribution in [-0.2, 0) is 4.79 Å². The van der Waals surface area contributed by atoms with Gasteiger partial charge in [-0.15, -0.1) is 0 Å². The molecule has 4 rings (SSSR count). The summed E-state index contributed by atoms with van der Waals surface area (Å²) in [7, 11) is 0. The van der Waals surface area contributed by atoms with Crippen LogP contribution < -0.4 is 0 Å². The third kappa shape index (κ3) is 1.80. The Morgan fingerprint density at radius 2 is 2.10 bits per heavy atom. The summed E-state index contributed by atoms with van der Waals surface area (Å²) in [5.41, 5.74) is 1.41. The fourth-order valence-electron chi connectivity index (χ4n) is 6.16. The minimum absolute atomic E-state index is 0.0269. The van der Waals surface area contributed by atoms with Gasteiger partial charge in [-0.05, 0) is 73.8 Å². The number of hydrogen-bond donors (Lipinski definition) is 1. The molecule has 2 fully saturated rings. The van der Waals surface area contributed by atoms with E-state index in [4.69, 9.17) is 0 Å². The van der Waals surface area contributed by atoms with Gasteiger partial charge in [0.25, 0.3) is 0 Å². The van der Waals surface area contributed by atoms with Crippen molar-refractivity contribution in [3.63, 3.8) is 0 Å². The number of aliphatic hydroxyl groups is 1. The predicted octanol–water partition coefficient (Wildman–Crippen LogP) is 4.57. The van der Waals surface area contributed by atoms with E-state index in [9.17, 15) is 9.90 Å². The highest BCUT2D eigenvalue weighted by Gasteiger charge is 2.56. The van der Waals surface area contributed by atoms with Crippen LogP contribution in [0.4, 0.5) is 0 Å². The topological polar surface area (TPSA) is 37.3 Å². The van der Waals surface area contributed by atoms with Crippen molar-refractivity contribution in [3.05, 3.63) is 23.5 Å². The van der Waals surface area contributed by atoms with Crippen LogP contribution in [0.5, 0.6) is 0 Å². The largest absolute Gasteiger partial charge is 0.512 e. The van der Waals surface area contributed by atoms with E-state index in [0.717, 1.165) is 50.9 Å². The van der Waals surface area contributed by atoms with Crippen LogP contribution in [0.2, 0.25) is 0 Å². The lowest BCUT2D eigenvalue weighted by molar-refractivity contribution is -0.132. The van der Waals surface area contributed by atoms with Crippen LogP contribution in [0.3, 0.4) is 0 Å². The fourth-order valence-corrected chi connectivity index (χ4v) is 6.16. The first-order valence-corrected chi connectivity index (χ1v) is 8.78. The highest BCUT2D eigenvalue weighted by molar-refractivity contribution is 5.87. The van der Waals surface area contributed by atoms with Gasteiger partial charge in [0.05, 0.1) is 5.76 Å². The first-order chi connectivity index (χ1) is 10.2. The number of hydrogen-bond acceptors (Lipinski definition) is 2. The number of Topliss-reactive ketones (excluding diaryl/α,β-unsaturated/α-hetero) is 1. The molecule has 0 bridgehead atoms. The smallest absolute Gasteiger partial charge is 0.139 e. The Labute approximate surface area is 127 Å². The Morgan fingerprint density at radius 1 is 1.24 bits per heavy atom. The molecule has 2 saturated carbocycles. The number of fused-ring (bicyclic) bond motifs is 5. The second-order valence-corrected chi connectivity index (χ2v) is 7.67. The molecule has 4 aliphatic rings. The van der Waals surface area contributed by atoms with Gasteiger partial charge >= 0.3 is 0 Å². The van der Waals surface area contributed by atoms with Gasteiger partial charge in [-0.1, -0.05) is 13.0 Å². The van der Waals surface area contributed by atoms with E-state index >= 15 is 0 Å². The second-order valence-electron chi connectivity index (χ2n) is 7.67. The molecule has 0 aromatic carbocycles. The van der Waals surface area contributed by atoms with E-state index in [1.807, 2.05) is 6.08 Å². The van der Waals surface area contributed by atoms with Crippen molar-refractivity contribution >= 4 is 5.78 Å². The molecule has 0 aliphatic heterocycles. The SMILES string of the molecule is CC[C@]12CCC3C4CCC(O)=CC4=CCC3C1CCC2=O. The average Bonchev–Trinajstić information content (AvgIpc) is 2.84. The number of carbonyl (C=O) groups is 1. The van der Waals surface area contributed by atoms with Crippen molar-refractivity contribution in [3.8, 4) is 0 Å². The van der Waals surface area contributed by atoms with E-state index in [1.165, 1.54) is 12.0 Å². The first-order valence-electron chi connectivity index (χ1n) is 8.78. The molecule has 1 N–H and O–H groups in total. The third-order valence-corrected chi connectivity index (χ3v) is 7.18. The predicted molar refractivity (Wildman–Crippen MR) is 82.8 cm³/mol. The number of aliphatic hydroxyl groups excluding tert-OH is 1. The lowest BCUT2D eigenvalue weighted by Crippen LogP contribution is -2.46. The molecule has 0 radical (unpaired) electrons. The van der Waals surface area contributed by atoms with Gasteiger partial charge in [0.2, 0.25) is 0 Å². The van der Waals surface area contributed by atoms with E-state index in [1.54, 1.807) is 0 Å². The maximum atomic E-state index is 12.5. The van der Waals surface area contributed by atoms with Crippen LogP contribution in [0.15, 0.2) is 23.5 Å². The number of ketones is 1. The standard InChI is InChI=1S/C19H26O2/c1-2-19-10-9-15-14-6-4-13(20)11-12(14)3-5-16(15)17(19)7-8-18(19)21/h3,11,14-17,20H,2,4-10H2,1H3/t14?,15?,16?,17?,19-/m0/s1. The minimum Gasteiger partial charge on any atom is -0.512 e. The molecule has 0 spiro atoms. The molecule has 4 aliphatic carbocycles. The number of rotatable bonds is 1. The van der Waals surface area contributed by atoms with Crippen molar-refractivity contribution in [1.29, 1.82) is 0 Å². The number of carbonyl (C=O) groups excluding carboxylic acids is 1. The Hall–Kier alpha value is -1.05.